The van der Waals surface area contributed by atoms with Gasteiger partial charge in [-0.1, -0.05) is 27.7 Å². The van der Waals surface area contributed by atoms with Crippen molar-refractivity contribution < 1.29 is 0 Å². The van der Waals surface area contributed by atoms with Gasteiger partial charge < -0.3 is 16.0 Å². The minimum atomic E-state index is 0.217. The SMILES string of the molecule is CC(C)C(CNC1(CN)CCN2CCC1C2)C(C)C. The van der Waals surface area contributed by atoms with E-state index in [1.807, 2.05) is 0 Å². The highest BCUT2D eigenvalue weighted by Gasteiger charge is 2.45. The van der Waals surface area contributed by atoms with E-state index in [1.165, 1.54) is 32.5 Å². The van der Waals surface area contributed by atoms with E-state index < -0.39 is 0 Å². The second-order valence-corrected chi connectivity index (χ2v) is 7.43. The highest BCUT2D eigenvalue weighted by Crippen LogP contribution is 2.35. The lowest BCUT2D eigenvalue weighted by atomic mass is 9.77. The van der Waals surface area contributed by atoms with Crippen molar-refractivity contribution in [3.05, 3.63) is 0 Å². The van der Waals surface area contributed by atoms with Crippen molar-refractivity contribution in [1.82, 2.24) is 10.2 Å². The molecule has 2 saturated heterocycles. The van der Waals surface area contributed by atoms with Gasteiger partial charge in [0.05, 0.1) is 0 Å². The van der Waals surface area contributed by atoms with Crippen LogP contribution in [-0.2, 0) is 0 Å². The molecule has 2 rings (SSSR count). The molecule has 0 aliphatic carbocycles. The fourth-order valence-corrected chi connectivity index (χ4v) is 4.18. The summed E-state index contributed by atoms with van der Waals surface area (Å²) in [6, 6.07) is 0. The topological polar surface area (TPSA) is 41.3 Å². The zero-order valence-electron chi connectivity index (χ0n) is 13.3. The van der Waals surface area contributed by atoms with Crippen LogP contribution in [0.5, 0.6) is 0 Å². The molecule has 0 spiro atoms. The Kier molecular flexibility index (Phi) is 4.91. The lowest BCUT2D eigenvalue weighted by molar-refractivity contribution is 0.121. The first-order valence-corrected chi connectivity index (χ1v) is 8.16. The predicted octanol–water partition coefficient (Wildman–Crippen LogP) is 1.93. The Labute approximate surface area is 119 Å². The molecule has 0 saturated carbocycles. The van der Waals surface area contributed by atoms with Crippen LogP contribution in [0.1, 0.15) is 40.5 Å². The molecule has 3 atom stereocenters. The Bertz CT molecular complexity index is 282. The number of fused-ring (bicyclic) bond motifs is 2. The maximum absolute atomic E-state index is 6.18. The minimum absolute atomic E-state index is 0.217. The average molecular weight is 267 g/mol. The van der Waals surface area contributed by atoms with Gasteiger partial charge in [0.15, 0.2) is 0 Å². The Morgan fingerprint density at radius 2 is 1.89 bits per heavy atom. The maximum Gasteiger partial charge on any atom is 0.0357 e. The monoisotopic (exact) mass is 267 g/mol. The molecule has 0 aromatic heterocycles. The van der Waals surface area contributed by atoms with Crippen LogP contribution >= 0.6 is 0 Å². The van der Waals surface area contributed by atoms with Gasteiger partial charge in [-0.05, 0) is 56.1 Å². The first-order valence-electron chi connectivity index (χ1n) is 8.16. The van der Waals surface area contributed by atoms with Crippen molar-refractivity contribution in [3.8, 4) is 0 Å². The third-order valence-corrected chi connectivity index (χ3v) is 5.69. The van der Waals surface area contributed by atoms with Crippen LogP contribution in [0.4, 0.5) is 0 Å². The number of nitrogens with zero attached hydrogens (tertiary/aromatic N) is 1. The lowest BCUT2D eigenvalue weighted by Crippen LogP contribution is -2.61. The van der Waals surface area contributed by atoms with Crippen LogP contribution in [-0.4, -0.2) is 43.2 Å². The highest BCUT2D eigenvalue weighted by atomic mass is 15.2. The molecule has 0 aromatic carbocycles. The minimum Gasteiger partial charge on any atom is -0.329 e. The molecular weight excluding hydrogens is 234 g/mol. The Morgan fingerprint density at radius 3 is 2.47 bits per heavy atom. The van der Waals surface area contributed by atoms with Gasteiger partial charge in [-0.25, -0.2) is 0 Å². The first kappa shape index (κ1) is 15.3. The Hall–Kier alpha value is -0.120. The van der Waals surface area contributed by atoms with Crippen LogP contribution in [0.2, 0.25) is 0 Å². The summed E-state index contributed by atoms with van der Waals surface area (Å²) in [5, 5.41) is 3.92. The predicted molar refractivity (Wildman–Crippen MR) is 82.1 cm³/mol. The standard InChI is InChI=1S/C16H33N3/c1-12(2)15(13(3)4)9-18-16(11-17)6-8-19-7-5-14(16)10-19/h12-15,18H,5-11,17H2,1-4H3. The summed E-state index contributed by atoms with van der Waals surface area (Å²) in [5.74, 6) is 3.01. The number of hydrogen-bond donors (Lipinski definition) is 2. The molecular formula is C16H33N3. The van der Waals surface area contributed by atoms with Crippen molar-refractivity contribution in [2.75, 3.05) is 32.7 Å². The van der Waals surface area contributed by atoms with E-state index in [9.17, 15) is 0 Å². The normalized spacial score (nSPS) is 34.7. The molecule has 2 aliphatic rings. The zero-order valence-corrected chi connectivity index (χ0v) is 13.3. The highest BCUT2D eigenvalue weighted by molar-refractivity contribution is 5.04. The summed E-state index contributed by atoms with van der Waals surface area (Å²) in [4.78, 5) is 2.60. The molecule has 3 nitrogen and oxygen atoms in total. The summed E-state index contributed by atoms with van der Waals surface area (Å²) >= 11 is 0. The van der Waals surface area contributed by atoms with Gasteiger partial charge in [-0.3, -0.25) is 0 Å². The molecule has 0 aromatic rings. The van der Waals surface area contributed by atoms with Crippen molar-refractivity contribution >= 4 is 0 Å². The van der Waals surface area contributed by atoms with Gasteiger partial charge in [0.2, 0.25) is 0 Å². The van der Waals surface area contributed by atoms with E-state index in [2.05, 4.69) is 37.9 Å². The van der Waals surface area contributed by atoms with Gasteiger partial charge in [0.25, 0.3) is 0 Å². The first-order chi connectivity index (χ1) is 8.98. The number of piperidine rings is 1. The van der Waals surface area contributed by atoms with Crippen LogP contribution in [0.3, 0.4) is 0 Å². The van der Waals surface area contributed by atoms with Crippen LogP contribution in [0.25, 0.3) is 0 Å². The van der Waals surface area contributed by atoms with Crippen LogP contribution in [0, 0.1) is 23.7 Å². The summed E-state index contributed by atoms with van der Waals surface area (Å²) in [7, 11) is 0. The smallest absolute Gasteiger partial charge is 0.0357 e. The molecule has 2 bridgehead atoms. The Morgan fingerprint density at radius 1 is 1.21 bits per heavy atom. The molecule has 0 radical (unpaired) electrons. The summed E-state index contributed by atoms with van der Waals surface area (Å²) in [6.07, 6.45) is 2.56. The largest absolute Gasteiger partial charge is 0.329 e. The second-order valence-electron chi connectivity index (χ2n) is 7.43. The van der Waals surface area contributed by atoms with E-state index >= 15 is 0 Å². The fraction of sp³-hybridized carbons (Fsp3) is 1.00. The van der Waals surface area contributed by atoms with E-state index in [4.69, 9.17) is 5.73 Å². The van der Waals surface area contributed by atoms with E-state index in [0.717, 1.165) is 36.8 Å². The summed E-state index contributed by atoms with van der Waals surface area (Å²) in [6.45, 7) is 15.1. The molecule has 0 amide bonds. The van der Waals surface area contributed by atoms with Crippen molar-refractivity contribution in [1.29, 1.82) is 0 Å². The summed E-state index contributed by atoms with van der Waals surface area (Å²) in [5.41, 5.74) is 6.40. The molecule has 19 heavy (non-hydrogen) atoms. The quantitative estimate of drug-likeness (QED) is 0.772. The lowest BCUT2D eigenvalue weighted by Gasteiger charge is -2.44. The third kappa shape index (κ3) is 3.14. The van der Waals surface area contributed by atoms with E-state index in [-0.39, 0.29) is 5.54 Å². The van der Waals surface area contributed by atoms with E-state index in [1.54, 1.807) is 0 Å². The number of nitrogens with one attached hydrogen (secondary N) is 1. The number of hydrogen-bond acceptors (Lipinski definition) is 3. The van der Waals surface area contributed by atoms with E-state index in [0.29, 0.717) is 0 Å². The number of rotatable bonds is 6. The van der Waals surface area contributed by atoms with Crippen molar-refractivity contribution in [2.45, 2.75) is 46.1 Å². The van der Waals surface area contributed by atoms with Gasteiger partial charge in [-0.15, -0.1) is 0 Å². The second kappa shape index (κ2) is 6.11. The van der Waals surface area contributed by atoms with Crippen molar-refractivity contribution in [2.24, 2.45) is 29.4 Å². The number of nitrogens with two attached hydrogens (primary N) is 1. The molecule has 2 heterocycles. The molecule has 3 unspecified atom stereocenters. The Balaban J connectivity index is 1.98. The molecule has 3 N–H and O–H groups in total. The van der Waals surface area contributed by atoms with Crippen LogP contribution < -0.4 is 11.1 Å². The van der Waals surface area contributed by atoms with Gasteiger partial charge in [-0.2, -0.15) is 0 Å². The summed E-state index contributed by atoms with van der Waals surface area (Å²) < 4.78 is 0. The van der Waals surface area contributed by atoms with Gasteiger partial charge in [0, 0.05) is 18.6 Å². The molecule has 112 valence electrons. The van der Waals surface area contributed by atoms with Gasteiger partial charge in [0.1, 0.15) is 0 Å². The maximum atomic E-state index is 6.18. The fourth-order valence-electron chi connectivity index (χ4n) is 4.18. The van der Waals surface area contributed by atoms with Gasteiger partial charge >= 0.3 is 0 Å². The van der Waals surface area contributed by atoms with Crippen LogP contribution in [0.15, 0.2) is 0 Å². The molecule has 3 heteroatoms. The average Bonchev–Trinajstić information content (AvgIpc) is 2.76. The van der Waals surface area contributed by atoms with Crippen molar-refractivity contribution in [3.63, 3.8) is 0 Å². The third-order valence-electron chi connectivity index (χ3n) is 5.69. The molecule has 2 aliphatic heterocycles. The zero-order chi connectivity index (χ0) is 14.0. The molecule has 2 fully saturated rings.